The molecule has 1 N–H and O–H groups in total. The third-order valence-electron chi connectivity index (χ3n) is 2.73. The van der Waals surface area contributed by atoms with Crippen molar-refractivity contribution in [3.8, 4) is 0 Å². The first-order valence-corrected chi connectivity index (χ1v) is 6.94. The van der Waals surface area contributed by atoms with Gasteiger partial charge in [0.25, 0.3) is 0 Å². The van der Waals surface area contributed by atoms with Crippen molar-refractivity contribution in [3.63, 3.8) is 0 Å². The summed E-state index contributed by atoms with van der Waals surface area (Å²) >= 11 is 1.28. The van der Waals surface area contributed by atoms with Gasteiger partial charge in [0.05, 0.1) is 21.6 Å². The number of halogens is 3. The van der Waals surface area contributed by atoms with Crippen LogP contribution in [0.3, 0.4) is 0 Å². The lowest BCUT2D eigenvalue weighted by molar-refractivity contribution is -0.392. The van der Waals surface area contributed by atoms with Crippen LogP contribution in [0.5, 0.6) is 0 Å². The number of benzene rings is 1. The van der Waals surface area contributed by atoms with Gasteiger partial charge in [-0.2, -0.15) is 18.3 Å². The van der Waals surface area contributed by atoms with Gasteiger partial charge in [-0.15, -0.1) is 11.3 Å². The van der Waals surface area contributed by atoms with Crippen LogP contribution in [0.15, 0.2) is 34.7 Å². The van der Waals surface area contributed by atoms with Crippen LogP contribution in [0, 0.1) is 20.2 Å². The molecule has 0 atom stereocenters. The van der Waals surface area contributed by atoms with Gasteiger partial charge in [-0.3, -0.25) is 25.7 Å². The Bertz CT molecular complexity index is 770. The number of nitro benzene ring substituents is 2. The van der Waals surface area contributed by atoms with Crippen LogP contribution in [-0.4, -0.2) is 16.1 Å². The zero-order valence-electron chi connectivity index (χ0n) is 11.5. The molecule has 0 fully saturated rings. The van der Waals surface area contributed by atoms with E-state index in [-0.39, 0.29) is 12.1 Å². The second-order valence-corrected chi connectivity index (χ2v) is 5.27. The first-order valence-electron chi connectivity index (χ1n) is 6.06. The summed E-state index contributed by atoms with van der Waals surface area (Å²) in [7, 11) is 0. The predicted molar refractivity (Wildman–Crippen MR) is 80.3 cm³/mol. The second kappa shape index (κ2) is 6.62. The number of anilines is 1. The van der Waals surface area contributed by atoms with Gasteiger partial charge >= 0.3 is 17.6 Å². The van der Waals surface area contributed by atoms with Crippen LogP contribution < -0.4 is 5.43 Å². The van der Waals surface area contributed by atoms with Crippen molar-refractivity contribution in [3.05, 3.63) is 60.3 Å². The Morgan fingerprint density at radius 1 is 1.17 bits per heavy atom. The molecule has 126 valence electrons. The Kier molecular flexibility index (Phi) is 4.78. The molecule has 1 aromatic heterocycles. The van der Waals surface area contributed by atoms with Crippen LogP contribution in [0.2, 0.25) is 0 Å². The third kappa shape index (κ3) is 3.84. The molecule has 0 amide bonds. The Balaban J connectivity index is 2.51. The lowest BCUT2D eigenvalue weighted by atomic mass is 10.1. The van der Waals surface area contributed by atoms with E-state index in [0.717, 1.165) is 0 Å². The minimum Gasteiger partial charge on any atom is -0.266 e. The normalized spacial score (nSPS) is 11.6. The molecule has 8 nitrogen and oxygen atoms in total. The van der Waals surface area contributed by atoms with E-state index in [1.54, 1.807) is 17.5 Å². The van der Waals surface area contributed by atoms with Crippen molar-refractivity contribution in [2.24, 2.45) is 5.10 Å². The van der Waals surface area contributed by atoms with E-state index in [9.17, 15) is 33.4 Å². The second-order valence-electron chi connectivity index (χ2n) is 4.29. The van der Waals surface area contributed by atoms with Gasteiger partial charge in [-0.05, 0) is 11.4 Å². The number of hydrogen-bond acceptors (Lipinski definition) is 7. The maximum atomic E-state index is 12.8. The molecular formula is C12H7F3N4O4S. The van der Waals surface area contributed by atoms with E-state index < -0.39 is 38.6 Å². The van der Waals surface area contributed by atoms with E-state index in [4.69, 9.17) is 0 Å². The topological polar surface area (TPSA) is 111 Å². The van der Waals surface area contributed by atoms with Gasteiger partial charge in [0.2, 0.25) is 5.69 Å². The lowest BCUT2D eigenvalue weighted by Gasteiger charge is -2.09. The molecule has 0 spiro atoms. The quantitative estimate of drug-likeness (QED) is 0.492. The third-order valence-corrected chi connectivity index (χ3v) is 3.54. The van der Waals surface area contributed by atoms with Crippen molar-refractivity contribution in [2.75, 3.05) is 5.43 Å². The molecule has 24 heavy (non-hydrogen) atoms. The molecule has 0 unspecified atom stereocenters. The highest BCUT2D eigenvalue weighted by Gasteiger charge is 2.37. The van der Waals surface area contributed by atoms with Gasteiger partial charge < -0.3 is 0 Å². The predicted octanol–water partition coefficient (Wildman–Crippen LogP) is 4.03. The first kappa shape index (κ1) is 17.3. The zero-order chi connectivity index (χ0) is 17.9. The summed E-state index contributed by atoms with van der Waals surface area (Å²) in [6, 6.07) is 3.80. The van der Waals surface area contributed by atoms with E-state index in [1.807, 2.05) is 0 Å². The van der Waals surface area contributed by atoms with Crippen molar-refractivity contribution in [1.82, 2.24) is 0 Å². The van der Waals surface area contributed by atoms with Crippen molar-refractivity contribution in [1.29, 1.82) is 0 Å². The minimum atomic E-state index is -4.96. The highest BCUT2D eigenvalue weighted by Crippen LogP contribution is 2.41. The summed E-state index contributed by atoms with van der Waals surface area (Å²) < 4.78 is 38.3. The fourth-order valence-electron chi connectivity index (χ4n) is 1.70. The number of thiophene rings is 1. The first-order chi connectivity index (χ1) is 11.2. The maximum absolute atomic E-state index is 12.8. The lowest BCUT2D eigenvalue weighted by Crippen LogP contribution is -2.09. The summed E-state index contributed by atoms with van der Waals surface area (Å²) in [6.07, 6.45) is -3.73. The Morgan fingerprint density at radius 3 is 2.17 bits per heavy atom. The monoisotopic (exact) mass is 360 g/mol. The summed E-state index contributed by atoms with van der Waals surface area (Å²) in [5.74, 6) is 0. The summed E-state index contributed by atoms with van der Waals surface area (Å²) in [4.78, 5) is 20.3. The highest BCUT2D eigenvalue weighted by atomic mass is 32.1. The molecule has 0 radical (unpaired) electrons. The standard InChI is InChI=1S/C12H7F3N4O4S/c13-12(14,15)7-4-9(18(20)21)11(10(5-7)19(22)23)17-16-6-8-2-1-3-24-8/h1-6,17H/b16-6-. The van der Waals surface area contributed by atoms with Gasteiger partial charge in [0, 0.05) is 17.0 Å². The molecule has 1 aromatic carbocycles. The molecule has 0 aliphatic rings. The van der Waals surface area contributed by atoms with Crippen LogP contribution in [0.1, 0.15) is 10.4 Å². The molecule has 0 bridgehead atoms. The SMILES string of the molecule is O=[N+]([O-])c1cc(C(F)(F)F)cc([N+](=O)[O-])c1N/N=C\c1cccs1. The van der Waals surface area contributed by atoms with Crippen LogP contribution >= 0.6 is 11.3 Å². The van der Waals surface area contributed by atoms with E-state index >= 15 is 0 Å². The summed E-state index contributed by atoms with van der Waals surface area (Å²) in [5, 5.41) is 27.3. The molecule has 1 heterocycles. The average molecular weight is 360 g/mol. The molecule has 2 rings (SSSR count). The van der Waals surface area contributed by atoms with E-state index in [0.29, 0.717) is 4.88 Å². The maximum Gasteiger partial charge on any atom is 0.416 e. The summed E-state index contributed by atoms with van der Waals surface area (Å²) in [5.41, 5.74) is -2.33. The fourth-order valence-corrected chi connectivity index (χ4v) is 2.29. The number of nitrogens with one attached hydrogen (secondary N) is 1. The van der Waals surface area contributed by atoms with Crippen molar-refractivity contribution >= 4 is 34.6 Å². The average Bonchev–Trinajstić information content (AvgIpc) is 2.98. The molecule has 12 heteroatoms. The number of rotatable bonds is 5. The Labute approximate surface area is 135 Å². The number of nitrogens with zero attached hydrogens (tertiary/aromatic N) is 3. The van der Waals surface area contributed by atoms with Gasteiger partial charge in [0.1, 0.15) is 0 Å². The molecule has 0 aliphatic heterocycles. The molecular weight excluding hydrogens is 353 g/mol. The molecule has 0 aliphatic carbocycles. The van der Waals surface area contributed by atoms with Crippen LogP contribution in [0.25, 0.3) is 0 Å². The highest BCUT2D eigenvalue weighted by molar-refractivity contribution is 7.11. The largest absolute Gasteiger partial charge is 0.416 e. The Morgan fingerprint density at radius 2 is 1.75 bits per heavy atom. The minimum absolute atomic E-state index is 0.218. The number of alkyl halides is 3. The number of hydrogen-bond donors (Lipinski definition) is 1. The summed E-state index contributed by atoms with van der Waals surface area (Å²) in [6.45, 7) is 0. The van der Waals surface area contributed by atoms with Gasteiger partial charge in [-0.1, -0.05) is 6.07 Å². The van der Waals surface area contributed by atoms with Gasteiger partial charge in [0.15, 0.2) is 0 Å². The Hall–Kier alpha value is -3.02. The van der Waals surface area contributed by atoms with Crippen molar-refractivity contribution < 1.29 is 23.0 Å². The van der Waals surface area contributed by atoms with E-state index in [2.05, 4.69) is 10.5 Å². The molecule has 2 aromatic rings. The van der Waals surface area contributed by atoms with E-state index in [1.165, 1.54) is 17.6 Å². The zero-order valence-corrected chi connectivity index (χ0v) is 12.3. The number of hydrazone groups is 1. The van der Waals surface area contributed by atoms with Crippen LogP contribution in [-0.2, 0) is 6.18 Å². The molecule has 0 saturated carbocycles. The fraction of sp³-hybridized carbons (Fsp3) is 0.0833. The molecule has 0 saturated heterocycles. The smallest absolute Gasteiger partial charge is 0.266 e. The van der Waals surface area contributed by atoms with Crippen molar-refractivity contribution in [2.45, 2.75) is 6.18 Å². The van der Waals surface area contributed by atoms with Gasteiger partial charge in [-0.25, -0.2) is 0 Å². The van der Waals surface area contributed by atoms with Crippen LogP contribution in [0.4, 0.5) is 30.2 Å². The number of nitro groups is 2.